The van der Waals surface area contributed by atoms with E-state index in [0.29, 0.717) is 15.7 Å². The second kappa shape index (κ2) is 8.48. The Hall–Kier alpha value is -2.16. The van der Waals surface area contributed by atoms with Crippen LogP contribution in [0.5, 0.6) is 0 Å². The molecular weight excluding hydrogens is 394 g/mol. The second-order valence-electron chi connectivity index (χ2n) is 5.28. The Morgan fingerprint density at radius 1 is 1.31 bits per heavy atom. The van der Waals surface area contributed by atoms with Crippen LogP contribution < -0.4 is 5.32 Å². The lowest BCUT2D eigenvalue weighted by molar-refractivity contribution is -0.144. The number of anilines is 1. The number of benzene rings is 1. The van der Waals surface area contributed by atoms with E-state index < -0.39 is 11.9 Å². The van der Waals surface area contributed by atoms with Crippen molar-refractivity contribution in [2.75, 3.05) is 17.7 Å². The molecule has 6 nitrogen and oxygen atoms in total. The summed E-state index contributed by atoms with van der Waals surface area (Å²) in [6.07, 6.45) is 1.46. The maximum atomic E-state index is 11.9. The lowest BCUT2D eigenvalue weighted by Gasteiger charge is -2.08. The fraction of sp³-hybridized carbons (Fsp3) is 0.176. The van der Waals surface area contributed by atoms with Gasteiger partial charge in [0.15, 0.2) is 6.61 Å². The first-order valence-corrected chi connectivity index (χ1v) is 9.80. The maximum Gasteiger partial charge on any atom is 0.316 e. The van der Waals surface area contributed by atoms with Crippen LogP contribution in [0.4, 0.5) is 5.69 Å². The molecule has 134 valence electrons. The number of esters is 1. The molecule has 0 radical (unpaired) electrons. The Labute approximate surface area is 162 Å². The number of carbonyl (C=O) groups is 2. The number of hydrogen-bond donors (Lipinski definition) is 1. The third kappa shape index (κ3) is 4.72. The Morgan fingerprint density at radius 3 is 2.96 bits per heavy atom. The number of ether oxygens (including phenoxy) is 1. The third-order valence-corrected chi connectivity index (χ3v) is 5.58. The van der Waals surface area contributed by atoms with Gasteiger partial charge in [0.05, 0.1) is 5.75 Å². The highest BCUT2D eigenvalue weighted by molar-refractivity contribution is 8.00. The summed E-state index contributed by atoms with van der Waals surface area (Å²) in [7, 11) is 0. The Bertz CT molecular complexity index is 961. The van der Waals surface area contributed by atoms with Crippen molar-refractivity contribution in [1.82, 2.24) is 9.97 Å². The zero-order valence-corrected chi connectivity index (χ0v) is 16.1. The molecule has 0 saturated carbocycles. The van der Waals surface area contributed by atoms with Gasteiger partial charge in [0.25, 0.3) is 5.91 Å². The highest BCUT2D eigenvalue weighted by Crippen LogP contribution is 2.27. The van der Waals surface area contributed by atoms with Gasteiger partial charge in [0, 0.05) is 16.1 Å². The van der Waals surface area contributed by atoms with E-state index in [1.54, 1.807) is 18.2 Å². The monoisotopic (exact) mass is 407 g/mol. The normalized spacial score (nSPS) is 10.7. The fourth-order valence-corrected chi connectivity index (χ4v) is 3.82. The number of aromatic nitrogens is 2. The molecule has 3 aromatic rings. The van der Waals surface area contributed by atoms with Gasteiger partial charge in [-0.3, -0.25) is 9.59 Å². The summed E-state index contributed by atoms with van der Waals surface area (Å²) in [5.41, 5.74) is 1.47. The molecule has 0 unspecified atom stereocenters. The molecule has 0 saturated heterocycles. The maximum absolute atomic E-state index is 11.9. The zero-order valence-electron chi connectivity index (χ0n) is 13.7. The summed E-state index contributed by atoms with van der Waals surface area (Å²) >= 11 is 8.77. The first-order valence-electron chi connectivity index (χ1n) is 7.55. The fourth-order valence-electron chi connectivity index (χ4n) is 2.07. The molecule has 0 aliphatic rings. The van der Waals surface area contributed by atoms with Crippen LogP contribution in [0.3, 0.4) is 0 Å². The molecule has 0 spiro atoms. The second-order valence-corrected chi connectivity index (χ2v) is 7.55. The van der Waals surface area contributed by atoms with Crippen molar-refractivity contribution >= 4 is 62.5 Å². The number of thiophene rings is 1. The first-order chi connectivity index (χ1) is 12.5. The van der Waals surface area contributed by atoms with Gasteiger partial charge < -0.3 is 10.1 Å². The van der Waals surface area contributed by atoms with Crippen molar-refractivity contribution in [3.05, 3.63) is 46.6 Å². The van der Waals surface area contributed by atoms with Crippen LogP contribution >= 0.6 is 34.7 Å². The standard InChI is InChI=1S/C17H14ClN3O3S2/c1-10-2-3-11(6-13(10)18)21-14(22)7-24-15(23)8-26-17-12-4-5-25-16(12)19-9-20-17/h2-6,9H,7-8H2,1H3,(H,21,22). The molecule has 1 aromatic carbocycles. The highest BCUT2D eigenvalue weighted by atomic mass is 35.5. The van der Waals surface area contributed by atoms with E-state index in [1.165, 1.54) is 29.4 Å². The number of amides is 1. The van der Waals surface area contributed by atoms with Gasteiger partial charge in [-0.05, 0) is 36.1 Å². The molecule has 0 fully saturated rings. The predicted molar refractivity (Wildman–Crippen MR) is 104 cm³/mol. The van der Waals surface area contributed by atoms with E-state index in [4.69, 9.17) is 16.3 Å². The summed E-state index contributed by atoms with van der Waals surface area (Å²) in [6.45, 7) is 1.51. The smallest absolute Gasteiger partial charge is 0.316 e. The number of halogens is 1. The van der Waals surface area contributed by atoms with Crippen molar-refractivity contribution < 1.29 is 14.3 Å². The Balaban J connectivity index is 1.47. The minimum Gasteiger partial charge on any atom is -0.455 e. The van der Waals surface area contributed by atoms with Gasteiger partial charge in [-0.2, -0.15) is 0 Å². The van der Waals surface area contributed by atoms with Gasteiger partial charge in [-0.25, -0.2) is 9.97 Å². The summed E-state index contributed by atoms with van der Waals surface area (Å²) in [6, 6.07) is 7.09. The van der Waals surface area contributed by atoms with Crippen LogP contribution in [0.25, 0.3) is 10.2 Å². The number of thioether (sulfide) groups is 1. The summed E-state index contributed by atoms with van der Waals surface area (Å²) in [5.74, 6) is -0.856. The van der Waals surface area contributed by atoms with Crippen LogP contribution in [0.2, 0.25) is 5.02 Å². The van der Waals surface area contributed by atoms with Crippen molar-refractivity contribution in [2.24, 2.45) is 0 Å². The van der Waals surface area contributed by atoms with E-state index in [9.17, 15) is 9.59 Å². The number of fused-ring (bicyclic) bond motifs is 1. The topological polar surface area (TPSA) is 81.2 Å². The molecule has 0 bridgehead atoms. The van der Waals surface area contributed by atoms with Crippen LogP contribution in [-0.2, 0) is 14.3 Å². The average Bonchev–Trinajstić information content (AvgIpc) is 3.10. The SMILES string of the molecule is Cc1ccc(NC(=O)COC(=O)CSc2ncnc3sccc23)cc1Cl. The molecule has 26 heavy (non-hydrogen) atoms. The van der Waals surface area contributed by atoms with Crippen LogP contribution in [0.1, 0.15) is 5.56 Å². The van der Waals surface area contributed by atoms with Crippen molar-refractivity contribution in [2.45, 2.75) is 11.9 Å². The number of carbonyl (C=O) groups excluding carboxylic acids is 2. The number of nitrogens with zero attached hydrogens (tertiary/aromatic N) is 2. The number of aryl methyl sites for hydroxylation is 1. The molecule has 2 aromatic heterocycles. The number of rotatable bonds is 6. The van der Waals surface area contributed by atoms with Gasteiger partial charge in [0.2, 0.25) is 0 Å². The Morgan fingerprint density at radius 2 is 2.15 bits per heavy atom. The lowest BCUT2D eigenvalue weighted by atomic mass is 10.2. The average molecular weight is 408 g/mol. The van der Waals surface area contributed by atoms with E-state index in [1.807, 2.05) is 18.4 Å². The first kappa shape index (κ1) is 18.6. The molecule has 9 heteroatoms. The van der Waals surface area contributed by atoms with Gasteiger partial charge in [-0.1, -0.05) is 29.4 Å². The van der Waals surface area contributed by atoms with E-state index in [0.717, 1.165) is 15.8 Å². The lowest BCUT2D eigenvalue weighted by Crippen LogP contribution is -2.21. The summed E-state index contributed by atoms with van der Waals surface area (Å²) in [5, 5.41) is 6.73. The molecule has 2 heterocycles. The van der Waals surface area contributed by atoms with Gasteiger partial charge in [-0.15, -0.1) is 11.3 Å². The van der Waals surface area contributed by atoms with Crippen LogP contribution in [0, 0.1) is 6.92 Å². The highest BCUT2D eigenvalue weighted by Gasteiger charge is 2.12. The van der Waals surface area contributed by atoms with Crippen molar-refractivity contribution in [1.29, 1.82) is 0 Å². The van der Waals surface area contributed by atoms with Crippen molar-refractivity contribution in [3.8, 4) is 0 Å². The van der Waals surface area contributed by atoms with E-state index in [2.05, 4.69) is 15.3 Å². The molecule has 0 aliphatic heterocycles. The number of nitrogens with one attached hydrogen (secondary N) is 1. The van der Waals surface area contributed by atoms with E-state index in [-0.39, 0.29) is 12.4 Å². The van der Waals surface area contributed by atoms with Gasteiger partial charge >= 0.3 is 5.97 Å². The molecule has 0 aliphatic carbocycles. The summed E-state index contributed by atoms with van der Waals surface area (Å²) < 4.78 is 5.00. The quantitative estimate of drug-likeness (QED) is 0.379. The zero-order chi connectivity index (χ0) is 18.5. The Kier molecular flexibility index (Phi) is 6.08. The summed E-state index contributed by atoms with van der Waals surface area (Å²) in [4.78, 5) is 32.9. The van der Waals surface area contributed by atoms with Gasteiger partial charge in [0.1, 0.15) is 16.2 Å². The molecule has 0 atom stereocenters. The van der Waals surface area contributed by atoms with Crippen molar-refractivity contribution in [3.63, 3.8) is 0 Å². The van der Waals surface area contributed by atoms with E-state index >= 15 is 0 Å². The minimum absolute atomic E-state index is 0.0611. The molecular formula is C17H14ClN3O3S2. The van der Waals surface area contributed by atoms with Crippen LogP contribution in [-0.4, -0.2) is 34.2 Å². The predicted octanol–water partition coefficient (Wildman–Crippen LogP) is 3.93. The molecule has 3 rings (SSSR count). The molecule has 1 amide bonds. The minimum atomic E-state index is -0.492. The molecule has 1 N–H and O–H groups in total. The number of hydrogen-bond acceptors (Lipinski definition) is 7. The third-order valence-electron chi connectivity index (χ3n) is 3.37. The van der Waals surface area contributed by atoms with Crippen LogP contribution in [0.15, 0.2) is 41.0 Å². The largest absolute Gasteiger partial charge is 0.455 e.